The molecule has 2 aromatic carbocycles. The van der Waals surface area contributed by atoms with Crippen LogP contribution >= 0.6 is 23.4 Å². The number of carboxylic acids is 1. The van der Waals surface area contributed by atoms with E-state index >= 15 is 0 Å². The second kappa shape index (κ2) is 11.3. The molecule has 2 atom stereocenters. The number of nitrogens with zero attached hydrogens (tertiary/aromatic N) is 2. The fraction of sp³-hybridized carbons (Fsp3) is 0.379. The molecule has 200 valence electrons. The first-order chi connectivity index (χ1) is 18.4. The second-order valence-corrected chi connectivity index (χ2v) is 11.5. The number of carbonyl (C=O) groups is 2. The van der Waals surface area contributed by atoms with Crippen molar-refractivity contribution in [1.29, 1.82) is 0 Å². The number of thioether (sulfide) groups is 1. The molecule has 1 aromatic heterocycles. The lowest BCUT2D eigenvalue weighted by Gasteiger charge is -2.32. The minimum atomic E-state index is -0.774. The van der Waals surface area contributed by atoms with Crippen molar-refractivity contribution >= 4 is 35.2 Å². The third-order valence-corrected chi connectivity index (χ3v) is 9.20. The van der Waals surface area contributed by atoms with Gasteiger partial charge in [-0.3, -0.25) is 9.59 Å². The van der Waals surface area contributed by atoms with Gasteiger partial charge in [-0.25, -0.2) is 0 Å². The summed E-state index contributed by atoms with van der Waals surface area (Å²) < 4.78 is 13.6. The number of benzene rings is 2. The predicted molar refractivity (Wildman–Crippen MR) is 149 cm³/mol. The number of carboxylic acid groups (broad SMARTS) is 1. The Morgan fingerprint density at radius 3 is 2.53 bits per heavy atom. The highest BCUT2D eigenvalue weighted by molar-refractivity contribution is 8.00. The first-order valence-corrected chi connectivity index (χ1v) is 14.0. The fourth-order valence-corrected chi connectivity index (χ4v) is 7.32. The van der Waals surface area contributed by atoms with Gasteiger partial charge in [0.05, 0.1) is 30.4 Å². The van der Waals surface area contributed by atoms with Crippen molar-refractivity contribution in [2.45, 2.75) is 36.2 Å². The van der Waals surface area contributed by atoms with E-state index in [2.05, 4.69) is 10.6 Å². The third kappa shape index (κ3) is 5.24. The Bertz CT molecular complexity index is 1330. The van der Waals surface area contributed by atoms with E-state index in [9.17, 15) is 9.59 Å². The van der Waals surface area contributed by atoms with Crippen molar-refractivity contribution in [2.24, 2.45) is 5.92 Å². The highest BCUT2D eigenvalue weighted by Crippen LogP contribution is 2.54. The van der Waals surface area contributed by atoms with E-state index in [1.807, 2.05) is 53.6 Å². The summed E-state index contributed by atoms with van der Waals surface area (Å²) >= 11 is 8.22. The van der Waals surface area contributed by atoms with Crippen LogP contribution in [-0.4, -0.2) is 53.8 Å². The number of likely N-dealkylation sites (tertiary alicyclic amines) is 1. The summed E-state index contributed by atoms with van der Waals surface area (Å²) in [6.45, 7) is 1.19. The van der Waals surface area contributed by atoms with E-state index < -0.39 is 5.97 Å². The number of halogens is 1. The number of para-hydroxylation sites is 1. The van der Waals surface area contributed by atoms with Crippen molar-refractivity contribution in [3.05, 3.63) is 76.6 Å². The number of piperidine rings is 1. The molecule has 0 aliphatic carbocycles. The van der Waals surface area contributed by atoms with E-state index in [-0.39, 0.29) is 28.7 Å². The van der Waals surface area contributed by atoms with Crippen LogP contribution in [0, 0.1) is 5.92 Å². The van der Waals surface area contributed by atoms with Gasteiger partial charge in [-0.1, -0.05) is 23.7 Å². The molecule has 5 rings (SSSR count). The molecule has 3 aromatic rings. The summed E-state index contributed by atoms with van der Waals surface area (Å²) in [7, 11) is 3.26. The molecule has 0 spiro atoms. The summed E-state index contributed by atoms with van der Waals surface area (Å²) in [6, 6.07) is 15.9. The van der Waals surface area contributed by atoms with Gasteiger partial charge in [0.2, 0.25) is 5.91 Å². The molecule has 1 saturated heterocycles. The maximum absolute atomic E-state index is 13.6. The van der Waals surface area contributed by atoms with Crippen LogP contribution in [0.5, 0.6) is 11.5 Å². The largest absolute Gasteiger partial charge is 0.493 e. The Kier molecular flexibility index (Phi) is 7.91. The Labute approximate surface area is 231 Å². The van der Waals surface area contributed by atoms with E-state index in [0.717, 1.165) is 35.3 Å². The number of carbonyl (C=O) groups excluding carboxylic acids is 1. The topological polar surface area (TPSA) is 81.0 Å². The minimum absolute atomic E-state index is 0.0874. The average Bonchev–Trinajstić information content (AvgIpc) is 3.36. The van der Waals surface area contributed by atoms with Gasteiger partial charge in [-0.15, -0.1) is 11.8 Å². The molecule has 1 N–H and O–H groups in total. The number of aliphatic carboxylic acids is 1. The summed E-state index contributed by atoms with van der Waals surface area (Å²) in [5.41, 5.74) is 4.06. The van der Waals surface area contributed by atoms with Crippen molar-refractivity contribution in [2.75, 3.05) is 27.3 Å². The van der Waals surface area contributed by atoms with Crippen LogP contribution in [0.1, 0.15) is 53.0 Å². The van der Waals surface area contributed by atoms with Gasteiger partial charge in [-0.2, -0.15) is 0 Å². The molecule has 1 amide bonds. The standard InChI is InChI=1S/C29H31ClN2O5S/c1-36-24-7-3-5-20(28(24)37-2)29-21-16-19(30)8-9-22(21)32-12-4-6-23(32)25(38-29)17-26(33)31-13-10-18(11-14-31)15-27(34)35/h3-9,12,16,18,25,29H,10-11,13-15,17H2,1-2H3,(H,34,35)/t25-,29-/m1/s1. The first kappa shape index (κ1) is 26.5. The lowest BCUT2D eigenvalue weighted by atomic mass is 9.93. The Morgan fingerprint density at radius 1 is 1.03 bits per heavy atom. The third-order valence-electron chi connectivity index (χ3n) is 7.45. The van der Waals surface area contributed by atoms with Crippen molar-refractivity contribution in [3.8, 4) is 17.2 Å². The molecule has 1 fully saturated rings. The Hall–Kier alpha value is -3.10. The SMILES string of the molecule is COc1cccc([C@H]2S[C@H](CC(=O)N3CCC(CC(=O)O)CC3)c3cccn3-c3ccc(Cl)cc32)c1OC. The van der Waals surface area contributed by atoms with Crippen LogP contribution in [0.2, 0.25) is 5.02 Å². The number of rotatable bonds is 7. The fourth-order valence-electron chi connectivity index (χ4n) is 5.57. The average molecular weight is 555 g/mol. The lowest BCUT2D eigenvalue weighted by Crippen LogP contribution is -2.39. The smallest absolute Gasteiger partial charge is 0.303 e. The summed E-state index contributed by atoms with van der Waals surface area (Å²) in [5.74, 6) is 0.754. The van der Waals surface area contributed by atoms with Crippen molar-refractivity contribution in [3.63, 3.8) is 0 Å². The molecule has 0 unspecified atom stereocenters. The zero-order valence-electron chi connectivity index (χ0n) is 21.4. The molecule has 9 heteroatoms. The van der Waals surface area contributed by atoms with Crippen LogP contribution < -0.4 is 9.47 Å². The van der Waals surface area contributed by atoms with Crippen LogP contribution in [0.3, 0.4) is 0 Å². The van der Waals surface area contributed by atoms with Crippen LogP contribution in [-0.2, 0) is 9.59 Å². The second-order valence-electron chi connectivity index (χ2n) is 9.72. The molecule has 0 radical (unpaired) electrons. The Morgan fingerprint density at radius 2 is 1.82 bits per heavy atom. The van der Waals surface area contributed by atoms with Crippen molar-refractivity contribution in [1.82, 2.24) is 9.47 Å². The number of amides is 1. The molecular weight excluding hydrogens is 524 g/mol. The number of fused-ring (bicyclic) bond motifs is 3. The lowest BCUT2D eigenvalue weighted by molar-refractivity contribution is -0.138. The molecular formula is C29H31ClN2O5S. The van der Waals surface area contributed by atoms with Crippen LogP contribution in [0.4, 0.5) is 0 Å². The van der Waals surface area contributed by atoms with E-state index in [0.29, 0.717) is 36.0 Å². The zero-order valence-corrected chi connectivity index (χ0v) is 23.0. The molecule has 2 aliphatic heterocycles. The highest BCUT2D eigenvalue weighted by atomic mass is 35.5. The van der Waals surface area contributed by atoms with E-state index in [1.54, 1.807) is 26.0 Å². The molecule has 0 saturated carbocycles. The van der Waals surface area contributed by atoms with Crippen LogP contribution in [0.25, 0.3) is 5.69 Å². The maximum atomic E-state index is 13.6. The van der Waals surface area contributed by atoms with E-state index in [1.165, 1.54) is 0 Å². The maximum Gasteiger partial charge on any atom is 0.303 e. The van der Waals surface area contributed by atoms with Gasteiger partial charge in [0.25, 0.3) is 0 Å². The van der Waals surface area contributed by atoms with Gasteiger partial charge in [0.15, 0.2) is 11.5 Å². The first-order valence-electron chi connectivity index (χ1n) is 12.7. The summed E-state index contributed by atoms with van der Waals surface area (Å²) in [4.78, 5) is 26.6. The number of hydrogen-bond donors (Lipinski definition) is 1. The monoisotopic (exact) mass is 554 g/mol. The van der Waals surface area contributed by atoms with Gasteiger partial charge >= 0.3 is 5.97 Å². The molecule has 7 nitrogen and oxygen atoms in total. The van der Waals surface area contributed by atoms with Gasteiger partial charge in [0, 0.05) is 48.4 Å². The molecule has 2 aliphatic rings. The quantitative estimate of drug-likeness (QED) is 0.378. The molecule has 3 heterocycles. The number of hydrogen-bond acceptors (Lipinski definition) is 5. The number of ether oxygens (including phenoxy) is 2. The minimum Gasteiger partial charge on any atom is -0.493 e. The van der Waals surface area contributed by atoms with E-state index in [4.69, 9.17) is 26.2 Å². The van der Waals surface area contributed by atoms with Crippen molar-refractivity contribution < 1.29 is 24.2 Å². The number of aromatic nitrogens is 1. The predicted octanol–water partition coefficient (Wildman–Crippen LogP) is 6.13. The van der Waals surface area contributed by atoms with Crippen LogP contribution in [0.15, 0.2) is 54.7 Å². The summed E-state index contributed by atoms with van der Waals surface area (Å²) in [6.07, 6.45) is 3.98. The molecule has 38 heavy (non-hydrogen) atoms. The highest BCUT2D eigenvalue weighted by Gasteiger charge is 2.35. The normalized spacial score (nSPS) is 19.3. The zero-order chi connectivity index (χ0) is 26.8. The van der Waals surface area contributed by atoms with Gasteiger partial charge in [-0.05, 0) is 60.7 Å². The number of methoxy groups -OCH3 is 2. The van der Waals surface area contributed by atoms with Gasteiger partial charge < -0.3 is 24.0 Å². The Balaban J connectivity index is 1.49. The summed E-state index contributed by atoms with van der Waals surface area (Å²) in [5, 5.41) is 9.49. The van der Waals surface area contributed by atoms with Gasteiger partial charge in [0.1, 0.15) is 0 Å². The molecule has 0 bridgehead atoms.